The highest BCUT2D eigenvalue weighted by molar-refractivity contribution is 9.10. The fourth-order valence-corrected chi connectivity index (χ4v) is 2.46. The van der Waals surface area contributed by atoms with Gasteiger partial charge in [0.25, 0.3) is 0 Å². The second kappa shape index (κ2) is 3.79. The molecule has 1 heterocycles. The van der Waals surface area contributed by atoms with Gasteiger partial charge in [0.1, 0.15) is 15.4 Å². The summed E-state index contributed by atoms with van der Waals surface area (Å²) in [5.41, 5.74) is 0.823. The molecule has 72 valence electrons. The molecule has 0 atom stereocenters. The maximum atomic E-state index is 12.9. The lowest BCUT2D eigenvalue weighted by Gasteiger charge is -1.94. The third kappa shape index (κ3) is 1.86. The van der Waals surface area contributed by atoms with E-state index in [1.54, 1.807) is 17.4 Å². The third-order valence-electron chi connectivity index (χ3n) is 1.81. The van der Waals surface area contributed by atoms with Crippen LogP contribution in [0.5, 0.6) is 0 Å². The lowest BCUT2D eigenvalue weighted by Crippen LogP contribution is -1.77. The summed E-state index contributed by atoms with van der Waals surface area (Å²) in [6.07, 6.45) is 0. The largest absolute Gasteiger partial charge is 0.229 e. The summed E-state index contributed by atoms with van der Waals surface area (Å²) in [4.78, 5) is 5.39. The molecule has 0 amide bonds. The molecule has 0 saturated heterocycles. The molecule has 0 unspecified atom stereocenters. The van der Waals surface area contributed by atoms with Gasteiger partial charge in [-0.15, -0.1) is 11.3 Å². The Hall–Kier alpha value is -0.740. The minimum Gasteiger partial charge on any atom is -0.229 e. The highest BCUT2D eigenvalue weighted by atomic mass is 79.9. The molecule has 0 fully saturated rings. The number of hydrogen-bond acceptors (Lipinski definition) is 2. The van der Waals surface area contributed by atoms with E-state index in [0.717, 1.165) is 20.1 Å². The summed E-state index contributed by atoms with van der Waals surface area (Å²) in [6.45, 7) is 1.98. The Balaban J connectivity index is 2.49. The van der Waals surface area contributed by atoms with Crippen molar-refractivity contribution in [1.82, 2.24) is 4.98 Å². The number of halogens is 2. The fourth-order valence-electron chi connectivity index (χ4n) is 1.12. The van der Waals surface area contributed by atoms with Crippen molar-refractivity contribution in [3.8, 4) is 10.6 Å². The maximum Gasteiger partial charge on any atom is 0.125 e. The molecule has 14 heavy (non-hydrogen) atoms. The van der Waals surface area contributed by atoms with Crippen molar-refractivity contribution in [3.63, 3.8) is 0 Å². The van der Waals surface area contributed by atoms with Gasteiger partial charge in [-0.25, -0.2) is 9.37 Å². The molecule has 0 bridgehead atoms. The normalized spacial score (nSPS) is 10.5. The second-order valence-electron chi connectivity index (χ2n) is 2.88. The van der Waals surface area contributed by atoms with E-state index in [2.05, 4.69) is 20.9 Å². The van der Waals surface area contributed by atoms with Gasteiger partial charge in [-0.2, -0.15) is 0 Å². The maximum absolute atomic E-state index is 12.9. The number of aromatic nitrogens is 1. The van der Waals surface area contributed by atoms with Crippen LogP contribution in [0.4, 0.5) is 4.39 Å². The molecule has 0 aliphatic heterocycles. The van der Waals surface area contributed by atoms with E-state index in [9.17, 15) is 4.39 Å². The van der Waals surface area contributed by atoms with Crippen LogP contribution in [0.1, 0.15) is 4.88 Å². The zero-order chi connectivity index (χ0) is 10.1. The van der Waals surface area contributed by atoms with Gasteiger partial charge >= 0.3 is 0 Å². The van der Waals surface area contributed by atoms with Crippen molar-refractivity contribution in [3.05, 3.63) is 39.6 Å². The first-order chi connectivity index (χ1) is 6.66. The molecule has 0 N–H and O–H groups in total. The molecule has 0 aliphatic carbocycles. The van der Waals surface area contributed by atoms with Gasteiger partial charge in [0.05, 0.1) is 0 Å². The van der Waals surface area contributed by atoms with Crippen LogP contribution < -0.4 is 0 Å². The van der Waals surface area contributed by atoms with Crippen LogP contribution in [0.25, 0.3) is 10.6 Å². The van der Waals surface area contributed by atoms with Gasteiger partial charge in [-0.1, -0.05) is 12.1 Å². The first kappa shape index (κ1) is 9.80. The van der Waals surface area contributed by atoms with Crippen LogP contribution in [-0.2, 0) is 0 Å². The van der Waals surface area contributed by atoms with Gasteiger partial charge in [0.15, 0.2) is 0 Å². The highest BCUT2D eigenvalue weighted by Crippen LogP contribution is 2.30. The lowest BCUT2D eigenvalue weighted by molar-refractivity contribution is 0.628. The molecule has 4 heteroatoms. The molecular weight excluding hydrogens is 265 g/mol. The Morgan fingerprint density at radius 2 is 2.21 bits per heavy atom. The number of thiazole rings is 1. The van der Waals surface area contributed by atoms with Crippen LogP contribution in [-0.4, -0.2) is 4.98 Å². The summed E-state index contributed by atoms with van der Waals surface area (Å²) in [7, 11) is 0. The van der Waals surface area contributed by atoms with Crippen LogP contribution in [0.2, 0.25) is 0 Å². The zero-order valence-corrected chi connectivity index (χ0v) is 9.82. The first-order valence-corrected chi connectivity index (χ1v) is 5.66. The smallest absolute Gasteiger partial charge is 0.125 e. The molecule has 0 aliphatic rings. The quantitative estimate of drug-likeness (QED) is 0.764. The van der Waals surface area contributed by atoms with Gasteiger partial charge in [-0.3, -0.25) is 0 Å². The number of rotatable bonds is 1. The van der Waals surface area contributed by atoms with Crippen molar-refractivity contribution < 1.29 is 4.39 Å². The topological polar surface area (TPSA) is 12.9 Å². The molecular formula is C10H7BrFNS. The monoisotopic (exact) mass is 271 g/mol. The van der Waals surface area contributed by atoms with Crippen molar-refractivity contribution >= 4 is 27.3 Å². The second-order valence-corrected chi connectivity index (χ2v) is 4.83. The van der Waals surface area contributed by atoms with Crippen LogP contribution >= 0.6 is 27.3 Å². The predicted molar refractivity (Wildman–Crippen MR) is 59.9 cm³/mol. The SMILES string of the molecule is Cc1sc(-c2cccc(F)c2)nc1Br. The number of nitrogens with zero attached hydrogens (tertiary/aromatic N) is 1. The van der Waals surface area contributed by atoms with E-state index < -0.39 is 0 Å². The number of aryl methyl sites for hydroxylation is 1. The summed E-state index contributed by atoms with van der Waals surface area (Å²) >= 11 is 4.89. The van der Waals surface area contributed by atoms with E-state index in [1.807, 2.05) is 13.0 Å². The highest BCUT2D eigenvalue weighted by Gasteiger charge is 2.07. The van der Waals surface area contributed by atoms with Crippen molar-refractivity contribution in [1.29, 1.82) is 0 Å². The Morgan fingerprint density at radius 1 is 1.43 bits per heavy atom. The summed E-state index contributed by atoms with van der Waals surface area (Å²) in [5, 5.41) is 0.842. The van der Waals surface area contributed by atoms with Gasteiger partial charge in [-0.05, 0) is 35.0 Å². The third-order valence-corrected chi connectivity index (χ3v) is 3.87. The van der Waals surface area contributed by atoms with Crippen LogP contribution in [0.15, 0.2) is 28.9 Å². The average Bonchev–Trinajstić information content (AvgIpc) is 2.47. The van der Waals surface area contributed by atoms with Crippen molar-refractivity contribution in [2.24, 2.45) is 0 Å². The van der Waals surface area contributed by atoms with Gasteiger partial charge < -0.3 is 0 Å². The van der Waals surface area contributed by atoms with Crippen LogP contribution in [0.3, 0.4) is 0 Å². The number of hydrogen-bond donors (Lipinski definition) is 0. The van der Waals surface area contributed by atoms with Gasteiger partial charge in [0, 0.05) is 10.4 Å². The van der Waals surface area contributed by atoms with E-state index >= 15 is 0 Å². The molecule has 1 aromatic carbocycles. The average molecular weight is 272 g/mol. The van der Waals surface area contributed by atoms with Crippen LogP contribution in [0, 0.1) is 12.7 Å². The molecule has 0 radical (unpaired) electrons. The molecule has 2 aromatic rings. The Labute approximate surface area is 93.7 Å². The Bertz CT molecular complexity index is 447. The van der Waals surface area contributed by atoms with Gasteiger partial charge in [0.2, 0.25) is 0 Å². The molecule has 0 spiro atoms. The van der Waals surface area contributed by atoms with E-state index in [-0.39, 0.29) is 5.82 Å². The van der Waals surface area contributed by atoms with Crippen molar-refractivity contribution in [2.75, 3.05) is 0 Å². The Kier molecular flexibility index (Phi) is 2.65. The molecule has 0 saturated carbocycles. The summed E-state index contributed by atoms with van der Waals surface area (Å²) in [5.74, 6) is -0.230. The number of benzene rings is 1. The van der Waals surface area contributed by atoms with E-state index in [1.165, 1.54) is 12.1 Å². The molecule has 1 nitrogen and oxygen atoms in total. The molecule has 2 rings (SSSR count). The fraction of sp³-hybridized carbons (Fsp3) is 0.100. The minimum atomic E-state index is -0.230. The Morgan fingerprint density at radius 3 is 2.79 bits per heavy atom. The predicted octanol–water partition coefficient (Wildman–Crippen LogP) is 4.02. The molecule has 1 aromatic heterocycles. The summed E-state index contributed by atoms with van der Waals surface area (Å²) in [6, 6.07) is 6.47. The lowest BCUT2D eigenvalue weighted by atomic mass is 10.2. The summed E-state index contributed by atoms with van der Waals surface area (Å²) < 4.78 is 13.8. The zero-order valence-electron chi connectivity index (χ0n) is 7.42. The standard InChI is InChI=1S/C10H7BrFNS/c1-6-9(11)13-10(14-6)7-3-2-4-8(12)5-7/h2-5H,1H3. The first-order valence-electron chi connectivity index (χ1n) is 4.05. The van der Waals surface area contributed by atoms with E-state index in [0.29, 0.717) is 0 Å². The van der Waals surface area contributed by atoms with E-state index in [4.69, 9.17) is 0 Å². The van der Waals surface area contributed by atoms with Crippen molar-refractivity contribution in [2.45, 2.75) is 6.92 Å². The minimum absolute atomic E-state index is 0.230.